The van der Waals surface area contributed by atoms with E-state index in [0.717, 1.165) is 10.7 Å². The summed E-state index contributed by atoms with van der Waals surface area (Å²) in [5.74, 6) is -0.193. The standard InChI is InChI=1S/C22H22ClF3N4O3/c1-33-13-12-29-20(16-6-8-17(23)9-7-16)28-30(21(29)32)14-19(31)27-11-10-15-4-2-3-5-18(15)22(24,25)26/h2-9H,10-14H2,1H3,(H,27,31). The number of hydrogen-bond acceptors (Lipinski definition) is 4. The molecule has 1 heterocycles. The third-order valence-electron chi connectivity index (χ3n) is 4.88. The summed E-state index contributed by atoms with van der Waals surface area (Å²) in [6.07, 6.45) is -4.48. The number of nitrogens with one attached hydrogen (secondary N) is 1. The molecule has 2 aromatic carbocycles. The summed E-state index contributed by atoms with van der Waals surface area (Å²) in [4.78, 5) is 25.2. The number of nitrogens with zero attached hydrogens (tertiary/aromatic N) is 3. The zero-order valence-corrected chi connectivity index (χ0v) is 18.5. The second-order valence-electron chi connectivity index (χ2n) is 7.17. The van der Waals surface area contributed by atoms with E-state index in [2.05, 4.69) is 10.4 Å². The van der Waals surface area contributed by atoms with Crippen molar-refractivity contribution in [2.75, 3.05) is 20.3 Å². The van der Waals surface area contributed by atoms with Crippen molar-refractivity contribution < 1.29 is 22.7 Å². The maximum Gasteiger partial charge on any atom is 0.416 e. The average Bonchev–Trinajstić information content (AvgIpc) is 3.07. The quantitative estimate of drug-likeness (QED) is 0.507. The molecule has 1 aromatic heterocycles. The lowest BCUT2D eigenvalue weighted by Crippen LogP contribution is -2.35. The van der Waals surface area contributed by atoms with Crippen LogP contribution < -0.4 is 11.0 Å². The predicted octanol–water partition coefficient (Wildman–Crippen LogP) is 3.39. The van der Waals surface area contributed by atoms with Gasteiger partial charge < -0.3 is 10.1 Å². The molecule has 7 nitrogen and oxygen atoms in total. The molecule has 0 bridgehead atoms. The van der Waals surface area contributed by atoms with Crippen molar-refractivity contribution in [2.24, 2.45) is 0 Å². The minimum atomic E-state index is -4.47. The molecule has 0 radical (unpaired) electrons. The van der Waals surface area contributed by atoms with Gasteiger partial charge in [-0.15, -0.1) is 5.10 Å². The van der Waals surface area contributed by atoms with Crippen LogP contribution in [0.1, 0.15) is 11.1 Å². The number of alkyl halides is 3. The summed E-state index contributed by atoms with van der Waals surface area (Å²) in [6.45, 7) is 0.0928. The smallest absolute Gasteiger partial charge is 0.383 e. The van der Waals surface area contributed by atoms with Gasteiger partial charge >= 0.3 is 11.9 Å². The van der Waals surface area contributed by atoms with Crippen molar-refractivity contribution in [3.8, 4) is 11.4 Å². The van der Waals surface area contributed by atoms with Crippen molar-refractivity contribution in [1.82, 2.24) is 19.7 Å². The Balaban J connectivity index is 1.71. The Hall–Kier alpha value is -3.11. The van der Waals surface area contributed by atoms with Crippen LogP contribution in [0.15, 0.2) is 53.3 Å². The number of methoxy groups -OCH3 is 1. The van der Waals surface area contributed by atoms with Crippen molar-refractivity contribution in [2.45, 2.75) is 25.7 Å². The van der Waals surface area contributed by atoms with E-state index in [1.165, 1.54) is 29.9 Å². The van der Waals surface area contributed by atoms with Gasteiger partial charge in [0.1, 0.15) is 6.54 Å². The second-order valence-corrected chi connectivity index (χ2v) is 7.61. The Bertz CT molecular complexity index is 1160. The molecule has 0 saturated heterocycles. The fourth-order valence-corrected chi connectivity index (χ4v) is 3.41. The summed E-state index contributed by atoms with van der Waals surface area (Å²) in [5, 5.41) is 7.34. The molecule has 0 unspecified atom stereocenters. The van der Waals surface area contributed by atoms with E-state index in [9.17, 15) is 22.8 Å². The van der Waals surface area contributed by atoms with Crippen LogP contribution in [-0.2, 0) is 35.2 Å². The highest BCUT2D eigenvalue weighted by molar-refractivity contribution is 6.30. The molecular formula is C22H22ClF3N4O3. The molecule has 11 heteroatoms. The Kier molecular flexibility index (Phi) is 7.93. The topological polar surface area (TPSA) is 78.2 Å². The molecule has 3 rings (SSSR count). The van der Waals surface area contributed by atoms with Crippen LogP contribution in [0, 0.1) is 0 Å². The lowest BCUT2D eigenvalue weighted by molar-refractivity contribution is -0.138. The zero-order chi connectivity index (χ0) is 24.0. The van der Waals surface area contributed by atoms with Gasteiger partial charge in [0.15, 0.2) is 5.82 Å². The van der Waals surface area contributed by atoms with Gasteiger partial charge in [0.2, 0.25) is 5.91 Å². The normalized spacial score (nSPS) is 11.5. The number of rotatable bonds is 9. The molecule has 0 atom stereocenters. The maximum absolute atomic E-state index is 13.1. The van der Waals surface area contributed by atoms with Gasteiger partial charge in [0.25, 0.3) is 0 Å². The minimum Gasteiger partial charge on any atom is -0.383 e. The van der Waals surface area contributed by atoms with E-state index in [4.69, 9.17) is 16.3 Å². The van der Waals surface area contributed by atoms with Gasteiger partial charge in [-0.1, -0.05) is 29.8 Å². The highest BCUT2D eigenvalue weighted by Gasteiger charge is 2.32. The molecule has 0 saturated carbocycles. The minimum absolute atomic E-state index is 0.00533. The number of carbonyl (C=O) groups excluding carboxylic acids is 1. The third kappa shape index (κ3) is 6.23. The van der Waals surface area contributed by atoms with Crippen LogP contribution in [0.4, 0.5) is 13.2 Å². The SMILES string of the molecule is COCCn1c(-c2ccc(Cl)cc2)nn(CC(=O)NCCc2ccccc2C(F)(F)F)c1=O. The van der Waals surface area contributed by atoms with E-state index >= 15 is 0 Å². The maximum atomic E-state index is 13.1. The number of halogens is 4. The number of benzene rings is 2. The summed E-state index contributed by atoms with van der Waals surface area (Å²) in [6, 6.07) is 11.9. The van der Waals surface area contributed by atoms with Crippen molar-refractivity contribution >= 4 is 17.5 Å². The lowest BCUT2D eigenvalue weighted by Gasteiger charge is -2.12. The molecular weight excluding hydrogens is 461 g/mol. The van der Waals surface area contributed by atoms with Gasteiger partial charge in [0, 0.05) is 24.2 Å². The van der Waals surface area contributed by atoms with Crippen molar-refractivity contribution in [3.05, 3.63) is 75.2 Å². The van der Waals surface area contributed by atoms with Crippen molar-refractivity contribution in [3.63, 3.8) is 0 Å². The van der Waals surface area contributed by atoms with E-state index in [-0.39, 0.29) is 38.2 Å². The van der Waals surface area contributed by atoms with E-state index < -0.39 is 23.3 Å². The summed E-state index contributed by atoms with van der Waals surface area (Å²) in [7, 11) is 1.50. The van der Waals surface area contributed by atoms with Crippen LogP contribution in [0.25, 0.3) is 11.4 Å². The monoisotopic (exact) mass is 482 g/mol. The number of hydrogen-bond donors (Lipinski definition) is 1. The third-order valence-corrected chi connectivity index (χ3v) is 5.13. The van der Waals surface area contributed by atoms with Gasteiger partial charge in [-0.2, -0.15) is 13.2 Å². The Labute approximate surface area is 192 Å². The first-order valence-electron chi connectivity index (χ1n) is 10.0. The fraction of sp³-hybridized carbons (Fsp3) is 0.318. The molecule has 176 valence electrons. The van der Waals surface area contributed by atoms with Crippen LogP contribution in [0.5, 0.6) is 0 Å². The van der Waals surface area contributed by atoms with E-state index in [0.29, 0.717) is 16.4 Å². The summed E-state index contributed by atoms with van der Waals surface area (Å²) in [5.41, 5.74) is -0.526. The van der Waals surface area contributed by atoms with Crippen LogP contribution >= 0.6 is 11.6 Å². The summed E-state index contributed by atoms with van der Waals surface area (Å²) < 4.78 is 46.8. The number of amides is 1. The lowest BCUT2D eigenvalue weighted by atomic mass is 10.0. The van der Waals surface area contributed by atoms with Crippen molar-refractivity contribution in [1.29, 1.82) is 0 Å². The molecule has 0 aliphatic carbocycles. The van der Waals surface area contributed by atoms with Crippen LogP contribution in [-0.4, -0.2) is 40.5 Å². The average molecular weight is 483 g/mol. The molecule has 1 amide bonds. The Morgan fingerprint density at radius 1 is 1.15 bits per heavy atom. The largest absolute Gasteiger partial charge is 0.416 e. The number of ether oxygens (including phenoxy) is 1. The van der Waals surface area contributed by atoms with Gasteiger partial charge in [-0.05, 0) is 42.3 Å². The molecule has 0 aliphatic rings. The molecule has 0 aliphatic heterocycles. The first-order chi connectivity index (χ1) is 15.7. The fourth-order valence-electron chi connectivity index (χ4n) is 3.28. The molecule has 0 spiro atoms. The van der Waals surface area contributed by atoms with Gasteiger partial charge in [-0.25, -0.2) is 9.48 Å². The first kappa shape index (κ1) is 24.5. The molecule has 1 N–H and O–H groups in total. The number of aromatic nitrogens is 3. The van der Waals surface area contributed by atoms with Gasteiger partial charge in [-0.3, -0.25) is 9.36 Å². The van der Waals surface area contributed by atoms with E-state index in [1.54, 1.807) is 24.3 Å². The van der Waals surface area contributed by atoms with Crippen LogP contribution in [0.2, 0.25) is 5.02 Å². The summed E-state index contributed by atoms with van der Waals surface area (Å²) >= 11 is 5.93. The van der Waals surface area contributed by atoms with E-state index in [1.807, 2.05) is 0 Å². The highest BCUT2D eigenvalue weighted by Crippen LogP contribution is 2.31. The second kappa shape index (κ2) is 10.7. The van der Waals surface area contributed by atoms with Crippen LogP contribution in [0.3, 0.4) is 0 Å². The first-order valence-corrected chi connectivity index (χ1v) is 10.4. The Morgan fingerprint density at radius 3 is 2.52 bits per heavy atom. The molecule has 0 fully saturated rings. The van der Waals surface area contributed by atoms with Gasteiger partial charge in [0.05, 0.1) is 18.7 Å². The predicted molar refractivity (Wildman–Crippen MR) is 117 cm³/mol. The molecule has 3 aromatic rings. The highest BCUT2D eigenvalue weighted by atomic mass is 35.5. The zero-order valence-electron chi connectivity index (χ0n) is 17.7. The number of carbonyl (C=O) groups is 1. The molecule has 33 heavy (non-hydrogen) atoms. The Morgan fingerprint density at radius 2 is 1.85 bits per heavy atom.